The van der Waals surface area contributed by atoms with Gasteiger partial charge in [0.2, 0.25) is 0 Å². The van der Waals surface area contributed by atoms with Crippen LogP contribution in [0.3, 0.4) is 0 Å². The van der Waals surface area contributed by atoms with Crippen LogP contribution in [-0.2, 0) is 16.1 Å². The van der Waals surface area contributed by atoms with E-state index in [-0.39, 0.29) is 12.0 Å². The molecule has 2 aliphatic heterocycles. The van der Waals surface area contributed by atoms with Gasteiger partial charge in [0, 0.05) is 57.3 Å². The van der Waals surface area contributed by atoms with Crippen LogP contribution >= 0.6 is 0 Å². The minimum Gasteiger partial charge on any atom is -0.368 e. The molecule has 6 heteroatoms. The standard InChI is InChI=1S/C19H22N4O2/c20-12-16-15(14-23-6-2-1-4-17(16)23)13-21-7-9-22(10-8-21)19(24)18-5-3-11-25-18/h1-2,4,6,14,18H,3,5,7-11,13H2/t18-/m1/s1. The van der Waals surface area contributed by atoms with Gasteiger partial charge in [0.05, 0.1) is 11.1 Å². The maximum absolute atomic E-state index is 12.4. The quantitative estimate of drug-likeness (QED) is 0.853. The summed E-state index contributed by atoms with van der Waals surface area (Å²) in [5.74, 6) is 0.143. The van der Waals surface area contributed by atoms with Gasteiger partial charge in [-0.3, -0.25) is 9.69 Å². The number of piperazine rings is 1. The first kappa shape index (κ1) is 16.1. The van der Waals surface area contributed by atoms with Gasteiger partial charge >= 0.3 is 0 Å². The normalized spacial score (nSPS) is 21.6. The van der Waals surface area contributed by atoms with Crippen molar-refractivity contribution in [2.75, 3.05) is 32.8 Å². The Balaban J connectivity index is 1.40. The average Bonchev–Trinajstić information content (AvgIpc) is 3.29. The molecule has 0 unspecified atom stereocenters. The molecule has 0 spiro atoms. The first-order valence-corrected chi connectivity index (χ1v) is 8.87. The third kappa shape index (κ3) is 3.13. The van der Waals surface area contributed by atoms with E-state index in [1.807, 2.05) is 39.9 Å². The van der Waals surface area contributed by atoms with Crippen molar-refractivity contribution in [3.05, 3.63) is 41.7 Å². The Bertz CT molecular complexity index is 808. The summed E-state index contributed by atoms with van der Waals surface area (Å²) in [6.07, 6.45) is 5.61. The van der Waals surface area contributed by atoms with Crippen LogP contribution < -0.4 is 0 Å². The second kappa shape index (κ2) is 6.87. The van der Waals surface area contributed by atoms with Gasteiger partial charge in [-0.2, -0.15) is 5.26 Å². The largest absolute Gasteiger partial charge is 0.368 e. The molecule has 4 heterocycles. The van der Waals surface area contributed by atoms with E-state index in [1.54, 1.807) is 0 Å². The number of fused-ring (bicyclic) bond motifs is 1. The highest BCUT2D eigenvalue weighted by molar-refractivity contribution is 5.81. The van der Waals surface area contributed by atoms with Gasteiger partial charge in [-0.1, -0.05) is 6.07 Å². The van der Waals surface area contributed by atoms with Crippen molar-refractivity contribution in [3.63, 3.8) is 0 Å². The Kier molecular flexibility index (Phi) is 4.43. The summed E-state index contributed by atoms with van der Waals surface area (Å²) in [5.41, 5.74) is 2.75. The second-order valence-electron chi connectivity index (χ2n) is 6.74. The highest BCUT2D eigenvalue weighted by atomic mass is 16.5. The fourth-order valence-electron chi connectivity index (χ4n) is 3.77. The highest BCUT2D eigenvalue weighted by Gasteiger charge is 2.30. The Labute approximate surface area is 147 Å². The van der Waals surface area contributed by atoms with E-state index in [1.165, 1.54) is 0 Å². The molecule has 2 aliphatic rings. The molecule has 2 aromatic heterocycles. The number of carbonyl (C=O) groups is 1. The number of pyridine rings is 1. The fraction of sp³-hybridized carbons (Fsp3) is 0.474. The molecule has 25 heavy (non-hydrogen) atoms. The lowest BCUT2D eigenvalue weighted by Crippen LogP contribution is -2.51. The molecular formula is C19H22N4O2. The molecule has 0 aliphatic carbocycles. The summed E-state index contributed by atoms with van der Waals surface area (Å²) >= 11 is 0. The van der Waals surface area contributed by atoms with Crippen molar-refractivity contribution in [2.24, 2.45) is 0 Å². The van der Waals surface area contributed by atoms with Crippen LogP contribution in [0.4, 0.5) is 0 Å². The molecule has 4 rings (SSSR count). The number of hydrogen-bond donors (Lipinski definition) is 0. The smallest absolute Gasteiger partial charge is 0.251 e. The number of hydrogen-bond acceptors (Lipinski definition) is 4. The van der Waals surface area contributed by atoms with E-state index in [9.17, 15) is 10.1 Å². The topological polar surface area (TPSA) is 61.0 Å². The minimum atomic E-state index is -0.228. The number of amides is 1. The first-order chi connectivity index (χ1) is 12.3. The van der Waals surface area contributed by atoms with Crippen LogP contribution in [0.5, 0.6) is 0 Å². The number of rotatable bonds is 3. The van der Waals surface area contributed by atoms with Gasteiger partial charge in [-0.25, -0.2) is 0 Å². The lowest BCUT2D eigenvalue weighted by Gasteiger charge is -2.35. The van der Waals surface area contributed by atoms with Gasteiger partial charge in [-0.15, -0.1) is 0 Å². The van der Waals surface area contributed by atoms with Gasteiger partial charge in [-0.05, 0) is 25.0 Å². The third-order valence-electron chi connectivity index (χ3n) is 5.16. The summed E-state index contributed by atoms with van der Waals surface area (Å²) in [5, 5.41) is 9.52. The van der Waals surface area contributed by atoms with Crippen LogP contribution in [0.1, 0.15) is 24.0 Å². The first-order valence-electron chi connectivity index (χ1n) is 8.87. The van der Waals surface area contributed by atoms with E-state index < -0.39 is 0 Å². The summed E-state index contributed by atoms with van der Waals surface area (Å²) < 4.78 is 7.52. The molecule has 1 atom stereocenters. The molecule has 0 bridgehead atoms. The molecule has 0 radical (unpaired) electrons. The SMILES string of the molecule is N#Cc1c(CN2CCN(C(=O)[C@H]3CCCO3)CC2)cn2ccccc12. The predicted molar refractivity (Wildman–Crippen MR) is 92.9 cm³/mol. The zero-order chi connectivity index (χ0) is 17.2. The van der Waals surface area contributed by atoms with Crippen LogP contribution in [0.15, 0.2) is 30.6 Å². The molecular weight excluding hydrogens is 316 g/mol. The number of carbonyl (C=O) groups excluding carboxylic acids is 1. The van der Waals surface area contributed by atoms with Gasteiger partial charge in [0.15, 0.2) is 0 Å². The van der Waals surface area contributed by atoms with Crippen molar-refractivity contribution >= 4 is 11.4 Å². The molecule has 0 aromatic carbocycles. The molecule has 0 N–H and O–H groups in total. The highest BCUT2D eigenvalue weighted by Crippen LogP contribution is 2.21. The van der Waals surface area contributed by atoms with Crippen molar-refractivity contribution < 1.29 is 9.53 Å². The number of aromatic nitrogens is 1. The maximum Gasteiger partial charge on any atom is 0.251 e. The zero-order valence-electron chi connectivity index (χ0n) is 14.2. The molecule has 6 nitrogen and oxygen atoms in total. The monoisotopic (exact) mass is 338 g/mol. The van der Waals surface area contributed by atoms with Crippen LogP contribution in [0.2, 0.25) is 0 Å². The van der Waals surface area contributed by atoms with E-state index in [4.69, 9.17) is 4.74 Å². The van der Waals surface area contributed by atoms with Crippen LogP contribution in [-0.4, -0.2) is 59.0 Å². The van der Waals surface area contributed by atoms with Gasteiger partial charge in [0.25, 0.3) is 5.91 Å². The molecule has 0 saturated carbocycles. The molecule has 130 valence electrons. The zero-order valence-corrected chi connectivity index (χ0v) is 14.2. The Morgan fingerprint density at radius 3 is 2.84 bits per heavy atom. The van der Waals surface area contributed by atoms with E-state index in [0.29, 0.717) is 6.61 Å². The Morgan fingerprint density at radius 2 is 2.12 bits per heavy atom. The molecule has 2 saturated heterocycles. The van der Waals surface area contributed by atoms with Crippen LogP contribution in [0, 0.1) is 11.3 Å². The number of nitrogens with zero attached hydrogens (tertiary/aromatic N) is 4. The van der Waals surface area contributed by atoms with Gasteiger partial charge in [0.1, 0.15) is 12.2 Å². The van der Waals surface area contributed by atoms with Gasteiger partial charge < -0.3 is 14.0 Å². The number of ether oxygens (including phenoxy) is 1. The second-order valence-corrected chi connectivity index (χ2v) is 6.74. The molecule has 2 fully saturated rings. The summed E-state index contributed by atoms with van der Waals surface area (Å²) in [4.78, 5) is 16.7. The van der Waals surface area contributed by atoms with Crippen molar-refractivity contribution in [1.82, 2.24) is 14.2 Å². The van der Waals surface area contributed by atoms with Crippen LogP contribution in [0.25, 0.3) is 5.52 Å². The maximum atomic E-state index is 12.4. The van der Waals surface area contributed by atoms with Crippen molar-refractivity contribution in [1.29, 1.82) is 5.26 Å². The fourth-order valence-corrected chi connectivity index (χ4v) is 3.77. The summed E-state index contributed by atoms with van der Waals surface area (Å²) in [7, 11) is 0. The van der Waals surface area contributed by atoms with E-state index >= 15 is 0 Å². The van der Waals surface area contributed by atoms with E-state index in [2.05, 4.69) is 11.0 Å². The summed E-state index contributed by atoms with van der Waals surface area (Å²) in [6.45, 7) is 4.56. The Hall–Kier alpha value is -2.36. The lowest BCUT2D eigenvalue weighted by atomic mass is 10.1. The van der Waals surface area contributed by atoms with E-state index in [0.717, 1.165) is 62.2 Å². The number of nitriles is 1. The minimum absolute atomic E-state index is 0.143. The average molecular weight is 338 g/mol. The predicted octanol–water partition coefficient (Wildman–Crippen LogP) is 1.63. The third-order valence-corrected chi connectivity index (χ3v) is 5.16. The van der Waals surface area contributed by atoms with Crippen molar-refractivity contribution in [2.45, 2.75) is 25.5 Å². The molecule has 1 amide bonds. The molecule has 2 aromatic rings. The summed E-state index contributed by atoms with van der Waals surface area (Å²) in [6, 6.07) is 8.24. The Morgan fingerprint density at radius 1 is 1.28 bits per heavy atom. The lowest BCUT2D eigenvalue weighted by molar-refractivity contribution is -0.142. The van der Waals surface area contributed by atoms with Crippen molar-refractivity contribution in [3.8, 4) is 6.07 Å².